The number of rotatable bonds is 5. The fourth-order valence-corrected chi connectivity index (χ4v) is 4.38. The van der Waals surface area contributed by atoms with Crippen LogP contribution in [0, 0.1) is 5.41 Å². The summed E-state index contributed by atoms with van der Waals surface area (Å²) >= 11 is 11.5. The maximum absolute atomic E-state index is 6.18. The van der Waals surface area contributed by atoms with Gasteiger partial charge in [0.1, 0.15) is 0 Å². The van der Waals surface area contributed by atoms with Crippen LogP contribution in [0.5, 0.6) is 0 Å². The summed E-state index contributed by atoms with van der Waals surface area (Å²) in [6, 6.07) is 2.11. The van der Waals surface area contributed by atoms with E-state index in [0.717, 1.165) is 19.0 Å². The topological polar surface area (TPSA) is 12.0 Å². The maximum atomic E-state index is 6.18. The summed E-state index contributed by atoms with van der Waals surface area (Å²) in [5.41, 5.74) is 0.351. The Morgan fingerprint density at radius 2 is 2.12 bits per heavy atom. The van der Waals surface area contributed by atoms with Crippen molar-refractivity contribution in [1.82, 2.24) is 5.32 Å². The molecule has 1 N–H and O–H groups in total. The molecule has 1 aliphatic rings. The van der Waals surface area contributed by atoms with Gasteiger partial charge in [-0.15, -0.1) is 22.9 Å². The first-order valence-corrected chi connectivity index (χ1v) is 8.45. The molecule has 0 spiro atoms. The summed E-state index contributed by atoms with van der Waals surface area (Å²) in [5, 5.41) is 5.71. The molecule has 0 saturated heterocycles. The molecule has 1 aromatic rings. The molecule has 1 fully saturated rings. The van der Waals surface area contributed by atoms with Crippen molar-refractivity contribution in [1.29, 1.82) is 0 Å². The van der Waals surface area contributed by atoms with Crippen LogP contribution in [0.3, 0.4) is 0 Å². The lowest BCUT2D eigenvalue weighted by atomic mass is 9.75. The van der Waals surface area contributed by atoms with Crippen molar-refractivity contribution >= 4 is 38.9 Å². The minimum Gasteiger partial charge on any atom is -0.311 e. The third-order valence-electron chi connectivity index (χ3n) is 3.67. The second-order valence-corrected chi connectivity index (χ2v) is 7.11. The summed E-state index contributed by atoms with van der Waals surface area (Å²) in [5.74, 6) is 0.797. The Morgan fingerprint density at radius 3 is 2.71 bits per heavy atom. The fraction of sp³-hybridized carbons (Fsp3) is 0.692. The van der Waals surface area contributed by atoms with Gasteiger partial charge in [-0.25, -0.2) is 0 Å². The standard InChI is InChI=1S/C13H19BrClNS/c14-11-4-7-17-12(11)8-16-10-13(9-15)5-2-1-3-6-13/h4,7,16H,1-3,5-6,8-10H2. The van der Waals surface area contributed by atoms with E-state index in [9.17, 15) is 0 Å². The van der Waals surface area contributed by atoms with E-state index in [4.69, 9.17) is 11.6 Å². The number of alkyl halides is 1. The molecule has 4 heteroatoms. The highest BCUT2D eigenvalue weighted by Gasteiger charge is 2.30. The molecule has 0 bridgehead atoms. The largest absolute Gasteiger partial charge is 0.311 e. The smallest absolute Gasteiger partial charge is 0.0327 e. The monoisotopic (exact) mass is 335 g/mol. The van der Waals surface area contributed by atoms with Crippen LogP contribution in [-0.2, 0) is 6.54 Å². The molecular weight excluding hydrogens is 318 g/mol. The maximum Gasteiger partial charge on any atom is 0.0327 e. The Balaban J connectivity index is 1.82. The molecule has 96 valence electrons. The molecule has 0 atom stereocenters. The van der Waals surface area contributed by atoms with E-state index in [1.165, 1.54) is 41.5 Å². The van der Waals surface area contributed by atoms with Gasteiger partial charge in [0.05, 0.1) is 0 Å². The molecule has 1 nitrogen and oxygen atoms in total. The van der Waals surface area contributed by atoms with Crippen molar-refractivity contribution < 1.29 is 0 Å². The van der Waals surface area contributed by atoms with Crippen molar-refractivity contribution in [3.8, 4) is 0 Å². The van der Waals surface area contributed by atoms with E-state index < -0.39 is 0 Å². The van der Waals surface area contributed by atoms with Crippen LogP contribution in [0.25, 0.3) is 0 Å². The molecule has 2 rings (SSSR count). The van der Waals surface area contributed by atoms with Crippen LogP contribution in [0.15, 0.2) is 15.9 Å². The van der Waals surface area contributed by atoms with E-state index in [1.807, 2.05) is 0 Å². The third-order valence-corrected chi connectivity index (χ3v) is 6.17. The Morgan fingerprint density at radius 1 is 1.35 bits per heavy atom. The predicted octanol–water partition coefficient (Wildman–Crippen LogP) is 4.79. The van der Waals surface area contributed by atoms with Gasteiger partial charge in [-0.3, -0.25) is 0 Å². The average Bonchev–Trinajstić information content (AvgIpc) is 2.76. The lowest BCUT2D eigenvalue weighted by molar-refractivity contribution is 0.212. The Kier molecular flexibility index (Phi) is 5.34. The van der Waals surface area contributed by atoms with Gasteiger partial charge in [0.2, 0.25) is 0 Å². The van der Waals surface area contributed by atoms with Gasteiger partial charge in [0.25, 0.3) is 0 Å². The van der Waals surface area contributed by atoms with Gasteiger partial charge >= 0.3 is 0 Å². The first-order valence-electron chi connectivity index (χ1n) is 6.24. The van der Waals surface area contributed by atoms with Crippen LogP contribution >= 0.6 is 38.9 Å². The molecule has 0 unspecified atom stereocenters. The Bertz CT molecular complexity index is 347. The van der Waals surface area contributed by atoms with Crippen molar-refractivity contribution in [2.45, 2.75) is 38.6 Å². The third kappa shape index (κ3) is 3.69. The lowest BCUT2D eigenvalue weighted by Crippen LogP contribution is -2.37. The van der Waals surface area contributed by atoms with Gasteiger partial charge in [-0.2, -0.15) is 0 Å². The van der Waals surface area contributed by atoms with Crippen molar-refractivity contribution in [2.75, 3.05) is 12.4 Å². The SMILES string of the molecule is ClCC1(CNCc2sccc2Br)CCCCC1. The van der Waals surface area contributed by atoms with Gasteiger partial charge in [0.15, 0.2) is 0 Å². The van der Waals surface area contributed by atoms with Crippen molar-refractivity contribution in [3.05, 3.63) is 20.8 Å². The van der Waals surface area contributed by atoms with Crippen molar-refractivity contribution in [2.24, 2.45) is 5.41 Å². The van der Waals surface area contributed by atoms with Gasteiger partial charge in [0, 0.05) is 28.3 Å². The molecule has 0 aromatic carbocycles. The van der Waals surface area contributed by atoms with Crippen LogP contribution in [-0.4, -0.2) is 12.4 Å². The summed E-state index contributed by atoms with van der Waals surface area (Å²) in [7, 11) is 0. The molecular formula is C13H19BrClNS. The van der Waals surface area contributed by atoms with Gasteiger partial charge in [-0.05, 0) is 45.6 Å². The number of hydrogen-bond acceptors (Lipinski definition) is 2. The van der Waals surface area contributed by atoms with Gasteiger partial charge in [-0.1, -0.05) is 19.3 Å². The number of halogens is 2. The van der Waals surface area contributed by atoms with E-state index in [1.54, 1.807) is 11.3 Å². The minimum atomic E-state index is 0.351. The predicted molar refractivity (Wildman–Crippen MR) is 80.0 cm³/mol. The Hall–Kier alpha value is 0.430. The number of thiophene rings is 1. The second-order valence-electron chi connectivity index (χ2n) is 4.99. The zero-order chi connectivity index (χ0) is 12.1. The zero-order valence-corrected chi connectivity index (χ0v) is 13.1. The van der Waals surface area contributed by atoms with E-state index in [2.05, 4.69) is 32.7 Å². The molecule has 1 aliphatic carbocycles. The summed E-state index contributed by atoms with van der Waals surface area (Å²) in [6.07, 6.45) is 6.65. The number of nitrogens with one attached hydrogen (secondary N) is 1. The molecule has 0 radical (unpaired) electrons. The second kappa shape index (κ2) is 6.55. The zero-order valence-electron chi connectivity index (χ0n) is 9.98. The highest BCUT2D eigenvalue weighted by atomic mass is 79.9. The molecule has 1 heterocycles. The molecule has 0 aliphatic heterocycles. The van der Waals surface area contributed by atoms with Crippen LogP contribution in [0.1, 0.15) is 37.0 Å². The van der Waals surface area contributed by atoms with E-state index in [0.29, 0.717) is 5.41 Å². The minimum absolute atomic E-state index is 0.351. The highest BCUT2D eigenvalue weighted by Crippen LogP contribution is 2.36. The van der Waals surface area contributed by atoms with E-state index >= 15 is 0 Å². The quantitative estimate of drug-likeness (QED) is 0.762. The lowest BCUT2D eigenvalue weighted by Gasteiger charge is -2.35. The fourth-order valence-electron chi connectivity index (χ4n) is 2.55. The van der Waals surface area contributed by atoms with E-state index in [-0.39, 0.29) is 0 Å². The molecule has 1 saturated carbocycles. The molecule has 17 heavy (non-hydrogen) atoms. The molecule has 0 amide bonds. The summed E-state index contributed by atoms with van der Waals surface area (Å²) in [6.45, 7) is 2.01. The normalized spacial score (nSPS) is 19.4. The first kappa shape index (κ1) is 13.9. The summed E-state index contributed by atoms with van der Waals surface area (Å²) < 4.78 is 1.22. The number of hydrogen-bond donors (Lipinski definition) is 1. The van der Waals surface area contributed by atoms with Crippen LogP contribution in [0.2, 0.25) is 0 Å². The van der Waals surface area contributed by atoms with Crippen LogP contribution < -0.4 is 5.32 Å². The summed E-state index contributed by atoms with van der Waals surface area (Å²) in [4.78, 5) is 1.38. The molecule has 1 aromatic heterocycles. The highest BCUT2D eigenvalue weighted by molar-refractivity contribution is 9.10. The van der Waals surface area contributed by atoms with Gasteiger partial charge < -0.3 is 5.32 Å². The van der Waals surface area contributed by atoms with Crippen molar-refractivity contribution in [3.63, 3.8) is 0 Å². The first-order chi connectivity index (χ1) is 8.26. The average molecular weight is 337 g/mol. The van der Waals surface area contributed by atoms with Crippen LogP contribution in [0.4, 0.5) is 0 Å². The Labute approximate surface area is 121 Å².